The molecule has 0 aromatic carbocycles. The van der Waals surface area contributed by atoms with Gasteiger partial charge in [-0.25, -0.2) is 0 Å². The van der Waals surface area contributed by atoms with Crippen LogP contribution in [0.25, 0.3) is 0 Å². The van der Waals surface area contributed by atoms with Gasteiger partial charge in [-0.3, -0.25) is 0 Å². The minimum atomic E-state index is -1.15. The molecule has 0 fully saturated rings. The van der Waals surface area contributed by atoms with Crippen LogP contribution in [0.5, 0.6) is 0 Å². The Bertz CT molecular complexity index is 169. The zero-order valence-corrected chi connectivity index (χ0v) is 5.15. The second-order valence-electron chi connectivity index (χ2n) is 1.38. The number of nitrogens with zero attached hydrogens (tertiary/aromatic N) is 1. The molecule has 0 saturated heterocycles. The lowest BCUT2D eigenvalue weighted by Gasteiger charge is -1.98. The Kier molecular flexibility index (Phi) is 2.05. The molecule has 0 aromatic heterocycles. The summed E-state index contributed by atoms with van der Waals surface area (Å²) in [7, 11) is -1.15. The van der Waals surface area contributed by atoms with Crippen LogP contribution in [0.4, 0.5) is 0 Å². The Labute approximate surface area is 50.1 Å². The summed E-state index contributed by atoms with van der Waals surface area (Å²) < 4.78 is 16.8. The van der Waals surface area contributed by atoms with Crippen LogP contribution in [0, 0.1) is 0 Å². The fourth-order valence-electron chi connectivity index (χ4n) is 0.434. The molecule has 0 spiro atoms. The maximum atomic E-state index is 10.5. The molecule has 0 aliphatic carbocycles. The first-order chi connectivity index (χ1) is 3.89. The molecule has 4 heteroatoms. The molecule has 1 aliphatic heterocycles. The van der Waals surface area contributed by atoms with E-state index >= 15 is 0 Å². The lowest BCUT2D eigenvalue weighted by molar-refractivity contribution is 0.595. The summed E-state index contributed by atoms with van der Waals surface area (Å²) in [6.07, 6.45) is 3.80. The van der Waals surface area contributed by atoms with Crippen molar-refractivity contribution in [1.29, 1.82) is 0 Å². The maximum Gasteiger partial charge on any atom is 0.0319 e. The standard InChI is InChI=1S/C4H7N2OS/c7-8-5-3-1-2-4-6-8/h1-2H,3-4H2,(H,5,6,7)/q-1. The van der Waals surface area contributed by atoms with Crippen molar-refractivity contribution in [2.24, 2.45) is 4.36 Å². The van der Waals surface area contributed by atoms with Crippen LogP contribution in [0.15, 0.2) is 16.5 Å². The second-order valence-corrected chi connectivity index (χ2v) is 2.43. The van der Waals surface area contributed by atoms with Gasteiger partial charge in [0.2, 0.25) is 0 Å². The molecular formula is C4H7N2OS-. The van der Waals surface area contributed by atoms with E-state index in [9.17, 15) is 4.21 Å². The molecule has 8 heavy (non-hydrogen) atoms. The van der Waals surface area contributed by atoms with Gasteiger partial charge in [0.15, 0.2) is 0 Å². The highest BCUT2D eigenvalue weighted by molar-refractivity contribution is 7.72. The van der Waals surface area contributed by atoms with Crippen LogP contribution in [0.3, 0.4) is 0 Å². The summed E-state index contributed by atoms with van der Waals surface area (Å²) in [6, 6.07) is 0. The van der Waals surface area contributed by atoms with Gasteiger partial charge in [0, 0.05) is 6.54 Å². The number of hydrogen-bond acceptors (Lipinski definition) is 3. The van der Waals surface area contributed by atoms with Crippen LogP contribution in [-0.4, -0.2) is 13.1 Å². The van der Waals surface area contributed by atoms with Crippen molar-refractivity contribution >= 4 is 10.8 Å². The van der Waals surface area contributed by atoms with Crippen LogP contribution < -0.4 is 4.72 Å². The molecule has 0 radical (unpaired) electrons. The number of hydrogen-bond donors (Lipinski definition) is 1. The Morgan fingerprint density at radius 1 is 1.62 bits per heavy atom. The summed E-state index contributed by atoms with van der Waals surface area (Å²) in [5.74, 6) is 0. The molecule has 0 aromatic rings. The molecule has 1 aliphatic rings. The Balaban J connectivity index is 2.62. The molecule has 0 unspecified atom stereocenters. The molecule has 1 N–H and O–H groups in total. The van der Waals surface area contributed by atoms with Crippen LogP contribution in [0.2, 0.25) is 0 Å². The van der Waals surface area contributed by atoms with Gasteiger partial charge in [-0.1, -0.05) is 12.2 Å². The van der Waals surface area contributed by atoms with Gasteiger partial charge in [-0.05, 0) is 6.54 Å². The first kappa shape index (κ1) is 5.78. The van der Waals surface area contributed by atoms with Crippen molar-refractivity contribution in [2.75, 3.05) is 13.1 Å². The largest absolute Gasteiger partial charge is 0.430 e. The van der Waals surface area contributed by atoms with Crippen LogP contribution >= 0.6 is 0 Å². The predicted molar refractivity (Wildman–Crippen MR) is 32.5 cm³/mol. The number of rotatable bonds is 0. The monoisotopic (exact) mass is 131 g/mol. The van der Waals surface area contributed by atoms with Gasteiger partial charge < -0.3 is 13.3 Å². The average Bonchev–Trinajstić information content (AvgIpc) is 1.94. The Morgan fingerprint density at radius 3 is 3.38 bits per heavy atom. The van der Waals surface area contributed by atoms with Crippen molar-refractivity contribution < 1.29 is 4.21 Å². The molecule has 1 rings (SSSR count). The highest BCUT2D eigenvalue weighted by Gasteiger charge is 1.75. The minimum absolute atomic E-state index is 0.569. The predicted octanol–water partition coefficient (Wildman–Crippen LogP) is 0.208. The fourth-order valence-corrected chi connectivity index (χ4v) is 0.985. The van der Waals surface area contributed by atoms with E-state index in [1.54, 1.807) is 0 Å². The third kappa shape index (κ3) is 1.63. The molecule has 46 valence electrons. The zero-order chi connectivity index (χ0) is 5.82. The quantitative estimate of drug-likeness (QED) is 0.370. The average molecular weight is 131 g/mol. The van der Waals surface area contributed by atoms with Gasteiger partial charge in [0.05, 0.1) is 0 Å². The van der Waals surface area contributed by atoms with Crippen LogP contribution in [0.1, 0.15) is 0 Å². The highest BCUT2D eigenvalue weighted by atomic mass is 32.2. The topological polar surface area (TPSA) is 41.5 Å². The molecular weight excluding hydrogens is 124 g/mol. The third-order valence-corrected chi connectivity index (χ3v) is 1.59. The van der Waals surface area contributed by atoms with E-state index in [4.69, 9.17) is 0 Å². The van der Waals surface area contributed by atoms with Crippen molar-refractivity contribution in [3.05, 3.63) is 12.2 Å². The normalized spacial score (nSPS) is 22.0. The SMILES string of the molecule is O=[S-]1=NCC=CCN1. The first-order valence-corrected chi connectivity index (χ1v) is 3.48. The van der Waals surface area contributed by atoms with Crippen molar-refractivity contribution in [1.82, 2.24) is 4.72 Å². The second kappa shape index (κ2) is 2.84. The molecule has 0 atom stereocenters. The van der Waals surface area contributed by atoms with Gasteiger partial charge in [0.25, 0.3) is 0 Å². The van der Waals surface area contributed by atoms with E-state index in [-0.39, 0.29) is 0 Å². The zero-order valence-electron chi connectivity index (χ0n) is 4.33. The fraction of sp³-hybridized carbons (Fsp3) is 0.500. The van der Waals surface area contributed by atoms with Gasteiger partial charge in [0.1, 0.15) is 0 Å². The van der Waals surface area contributed by atoms with E-state index in [2.05, 4.69) is 9.08 Å². The van der Waals surface area contributed by atoms with E-state index in [1.165, 1.54) is 0 Å². The maximum absolute atomic E-state index is 10.5. The molecule has 0 saturated carbocycles. The lowest BCUT2D eigenvalue weighted by atomic mass is 10.5. The van der Waals surface area contributed by atoms with E-state index in [0.29, 0.717) is 13.1 Å². The summed E-state index contributed by atoms with van der Waals surface area (Å²) in [5.41, 5.74) is 0. The summed E-state index contributed by atoms with van der Waals surface area (Å²) in [5, 5.41) is 0. The van der Waals surface area contributed by atoms with Crippen molar-refractivity contribution in [2.45, 2.75) is 0 Å². The van der Waals surface area contributed by atoms with Gasteiger partial charge in [-0.2, -0.15) is 0 Å². The van der Waals surface area contributed by atoms with E-state index in [1.807, 2.05) is 12.2 Å². The molecule has 0 bridgehead atoms. The molecule has 0 amide bonds. The Morgan fingerprint density at radius 2 is 2.50 bits per heavy atom. The first-order valence-electron chi connectivity index (χ1n) is 2.37. The summed E-state index contributed by atoms with van der Waals surface area (Å²) >= 11 is 0. The minimum Gasteiger partial charge on any atom is -0.430 e. The third-order valence-electron chi connectivity index (χ3n) is 0.789. The van der Waals surface area contributed by atoms with Gasteiger partial charge >= 0.3 is 0 Å². The van der Waals surface area contributed by atoms with Crippen LogP contribution in [-0.2, 0) is 15.0 Å². The van der Waals surface area contributed by atoms with Gasteiger partial charge in [-0.15, -0.1) is 10.8 Å². The lowest BCUT2D eigenvalue weighted by Crippen LogP contribution is -2.07. The molecule has 1 heterocycles. The van der Waals surface area contributed by atoms with Crippen molar-refractivity contribution in [3.8, 4) is 0 Å². The van der Waals surface area contributed by atoms with Crippen molar-refractivity contribution in [3.63, 3.8) is 0 Å². The summed E-state index contributed by atoms with van der Waals surface area (Å²) in [6.45, 7) is 1.23. The molecule has 3 nitrogen and oxygen atoms in total. The Hall–Kier alpha value is -0.350. The smallest absolute Gasteiger partial charge is 0.0319 e. The highest BCUT2D eigenvalue weighted by Crippen LogP contribution is 1.81. The number of nitrogens with one attached hydrogen (secondary N) is 1. The van der Waals surface area contributed by atoms with E-state index in [0.717, 1.165) is 0 Å². The summed E-state index contributed by atoms with van der Waals surface area (Å²) in [4.78, 5) is 0. The van der Waals surface area contributed by atoms with E-state index < -0.39 is 10.8 Å².